The lowest BCUT2D eigenvalue weighted by molar-refractivity contribution is 0.241. The van der Waals surface area contributed by atoms with Crippen LogP contribution in [0.2, 0.25) is 0 Å². The van der Waals surface area contributed by atoms with E-state index < -0.39 is 0 Å². The highest BCUT2D eigenvalue weighted by molar-refractivity contribution is 5.33. The Kier molecular flexibility index (Phi) is 5.23. The molecule has 0 saturated heterocycles. The molecule has 5 nitrogen and oxygen atoms in total. The first-order valence-electron chi connectivity index (χ1n) is 7.98. The number of hydrogen-bond acceptors (Lipinski definition) is 4. The molecule has 5 heteroatoms. The van der Waals surface area contributed by atoms with Crippen LogP contribution >= 0.6 is 0 Å². The summed E-state index contributed by atoms with van der Waals surface area (Å²) in [5.41, 5.74) is 3.45. The lowest BCUT2D eigenvalue weighted by atomic mass is 10.1. The predicted molar refractivity (Wildman–Crippen MR) is 93.5 cm³/mol. The zero-order chi connectivity index (χ0) is 16.8. The summed E-state index contributed by atoms with van der Waals surface area (Å²) in [5, 5.41) is 0. The SMILES string of the molecule is COc1ccccc1CN(Cc1cccnc1)Cc1cnc(C)[nH]1. The third kappa shape index (κ3) is 4.20. The van der Waals surface area contributed by atoms with Crippen molar-refractivity contribution in [2.75, 3.05) is 7.11 Å². The molecule has 24 heavy (non-hydrogen) atoms. The number of methoxy groups -OCH3 is 1. The zero-order valence-electron chi connectivity index (χ0n) is 14.1. The number of imidazole rings is 1. The second kappa shape index (κ2) is 7.75. The van der Waals surface area contributed by atoms with E-state index >= 15 is 0 Å². The number of aromatic nitrogens is 3. The molecular formula is C19H22N4O. The first-order valence-corrected chi connectivity index (χ1v) is 7.98. The Morgan fingerprint density at radius 3 is 2.62 bits per heavy atom. The lowest BCUT2D eigenvalue weighted by Gasteiger charge is -2.22. The largest absolute Gasteiger partial charge is 0.496 e. The number of aryl methyl sites for hydroxylation is 1. The molecule has 1 N–H and O–H groups in total. The summed E-state index contributed by atoms with van der Waals surface area (Å²) in [6, 6.07) is 12.2. The first kappa shape index (κ1) is 16.2. The van der Waals surface area contributed by atoms with E-state index in [1.807, 2.05) is 43.6 Å². The highest BCUT2D eigenvalue weighted by Gasteiger charge is 2.12. The van der Waals surface area contributed by atoms with E-state index in [0.29, 0.717) is 0 Å². The van der Waals surface area contributed by atoms with E-state index in [-0.39, 0.29) is 0 Å². The van der Waals surface area contributed by atoms with Crippen LogP contribution in [0.4, 0.5) is 0 Å². The van der Waals surface area contributed by atoms with Crippen LogP contribution in [0.1, 0.15) is 22.6 Å². The van der Waals surface area contributed by atoms with Crippen LogP contribution in [0.15, 0.2) is 55.0 Å². The average molecular weight is 322 g/mol. The third-order valence-corrected chi connectivity index (χ3v) is 3.86. The van der Waals surface area contributed by atoms with Crippen molar-refractivity contribution in [1.29, 1.82) is 0 Å². The molecule has 0 saturated carbocycles. The molecule has 2 aromatic heterocycles. The maximum Gasteiger partial charge on any atom is 0.123 e. The van der Waals surface area contributed by atoms with E-state index in [2.05, 4.69) is 32.0 Å². The number of ether oxygens (including phenoxy) is 1. The van der Waals surface area contributed by atoms with E-state index in [1.165, 1.54) is 11.1 Å². The fourth-order valence-corrected chi connectivity index (χ4v) is 2.78. The van der Waals surface area contributed by atoms with E-state index in [4.69, 9.17) is 4.74 Å². The minimum atomic E-state index is 0.785. The molecule has 0 amide bonds. The van der Waals surface area contributed by atoms with Gasteiger partial charge in [-0.15, -0.1) is 0 Å². The number of hydrogen-bond donors (Lipinski definition) is 1. The molecule has 0 radical (unpaired) electrons. The Hall–Kier alpha value is -2.66. The number of benzene rings is 1. The van der Waals surface area contributed by atoms with Gasteiger partial charge in [-0.1, -0.05) is 24.3 Å². The summed E-state index contributed by atoms with van der Waals surface area (Å²) in [5.74, 6) is 1.85. The van der Waals surface area contributed by atoms with Crippen LogP contribution in [0.3, 0.4) is 0 Å². The van der Waals surface area contributed by atoms with Gasteiger partial charge in [0.2, 0.25) is 0 Å². The number of aromatic amines is 1. The van der Waals surface area contributed by atoms with Gasteiger partial charge in [-0.25, -0.2) is 4.98 Å². The van der Waals surface area contributed by atoms with Gasteiger partial charge in [0.1, 0.15) is 11.6 Å². The first-order chi connectivity index (χ1) is 11.7. The smallest absolute Gasteiger partial charge is 0.123 e. The summed E-state index contributed by atoms with van der Waals surface area (Å²) >= 11 is 0. The molecule has 3 aromatic rings. The second-order valence-electron chi connectivity index (χ2n) is 5.81. The number of pyridine rings is 1. The molecule has 0 unspecified atom stereocenters. The van der Waals surface area contributed by atoms with Gasteiger partial charge < -0.3 is 9.72 Å². The van der Waals surface area contributed by atoms with Crippen molar-refractivity contribution in [3.8, 4) is 5.75 Å². The summed E-state index contributed by atoms with van der Waals surface area (Å²) in [6.07, 6.45) is 5.60. The molecule has 0 bridgehead atoms. The minimum absolute atomic E-state index is 0.785. The summed E-state index contributed by atoms with van der Waals surface area (Å²) in [6.45, 7) is 4.35. The van der Waals surface area contributed by atoms with Crippen molar-refractivity contribution in [1.82, 2.24) is 19.9 Å². The van der Waals surface area contributed by atoms with Crippen molar-refractivity contribution < 1.29 is 4.74 Å². The molecule has 0 spiro atoms. The van der Waals surface area contributed by atoms with Gasteiger partial charge in [0, 0.05) is 49.5 Å². The number of nitrogens with one attached hydrogen (secondary N) is 1. The van der Waals surface area contributed by atoms with Gasteiger partial charge >= 0.3 is 0 Å². The molecule has 2 heterocycles. The Balaban J connectivity index is 1.80. The van der Waals surface area contributed by atoms with Crippen molar-refractivity contribution in [3.05, 3.63) is 77.6 Å². The normalized spacial score (nSPS) is 11.0. The maximum atomic E-state index is 5.49. The number of rotatable bonds is 7. The average Bonchev–Trinajstić information content (AvgIpc) is 3.01. The van der Waals surface area contributed by atoms with E-state index in [9.17, 15) is 0 Å². The minimum Gasteiger partial charge on any atom is -0.496 e. The van der Waals surface area contributed by atoms with Gasteiger partial charge in [0.15, 0.2) is 0 Å². The molecule has 1 aromatic carbocycles. The van der Waals surface area contributed by atoms with Crippen LogP contribution in [0.25, 0.3) is 0 Å². The number of H-pyrrole nitrogens is 1. The Bertz CT molecular complexity index is 770. The summed E-state index contributed by atoms with van der Waals surface area (Å²) in [7, 11) is 1.71. The van der Waals surface area contributed by atoms with Gasteiger partial charge in [0.25, 0.3) is 0 Å². The van der Waals surface area contributed by atoms with Crippen LogP contribution < -0.4 is 4.74 Å². The monoisotopic (exact) mass is 322 g/mol. The van der Waals surface area contributed by atoms with E-state index in [1.54, 1.807) is 13.3 Å². The second-order valence-corrected chi connectivity index (χ2v) is 5.81. The predicted octanol–water partition coefficient (Wildman–Crippen LogP) is 3.32. The molecule has 0 atom stereocenters. The quantitative estimate of drug-likeness (QED) is 0.725. The fourth-order valence-electron chi connectivity index (χ4n) is 2.78. The molecule has 0 aliphatic heterocycles. The molecule has 0 aliphatic rings. The highest BCUT2D eigenvalue weighted by atomic mass is 16.5. The van der Waals surface area contributed by atoms with E-state index in [0.717, 1.165) is 36.9 Å². The lowest BCUT2D eigenvalue weighted by Crippen LogP contribution is -2.23. The molecule has 3 rings (SSSR count). The van der Waals surface area contributed by atoms with Gasteiger partial charge in [0.05, 0.1) is 7.11 Å². The molecule has 124 valence electrons. The maximum absolute atomic E-state index is 5.49. The van der Waals surface area contributed by atoms with Crippen LogP contribution in [-0.4, -0.2) is 27.0 Å². The standard InChI is InChI=1S/C19H22N4O/c1-15-21-11-18(22-15)14-23(12-16-6-5-9-20-10-16)13-17-7-3-4-8-19(17)24-2/h3-11H,12-14H2,1-2H3,(H,21,22). The topological polar surface area (TPSA) is 54.0 Å². The Morgan fingerprint density at radius 1 is 1.04 bits per heavy atom. The Morgan fingerprint density at radius 2 is 1.92 bits per heavy atom. The van der Waals surface area contributed by atoms with Crippen molar-refractivity contribution in [3.63, 3.8) is 0 Å². The summed E-state index contributed by atoms with van der Waals surface area (Å²) < 4.78 is 5.49. The van der Waals surface area contributed by atoms with Gasteiger partial charge in [-0.3, -0.25) is 9.88 Å². The van der Waals surface area contributed by atoms with Gasteiger partial charge in [-0.2, -0.15) is 0 Å². The fraction of sp³-hybridized carbons (Fsp3) is 0.263. The molecular weight excluding hydrogens is 300 g/mol. The van der Waals surface area contributed by atoms with Crippen molar-refractivity contribution in [2.45, 2.75) is 26.6 Å². The van der Waals surface area contributed by atoms with Crippen molar-refractivity contribution >= 4 is 0 Å². The van der Waals surface area contributed by atoms with Crippen LogP contribution in [0, 0.1) is 6.92 Å². The third-order valence-electron chi connectivity index (χ3n) is 3.86. The highest BCUT2D eigenvalue weighted by Crippen LogP contribution is 2.21. The van der Waals surface area contributed by atoms with Crippen molar-refractivity contribution in [2.24, 2.45) is 0 Å². The summed E-state index contributed by atoms with van der Waals surface area (Å²) in [4.78, 5) is 14.2. The number of nitrogens with zero attached hydrogens (tertiary/aromatic N) is 3. The van der Waals surface area contributed by atoms with Crippen LogP contribution in [-0.2, 0) is 19.6 Å². The van der Waals surface area contributed by atoms with Crippen LogP contribution in [0.5, 0.6) is 5.75 Å². The molecule has 0 fully saturated rings. The molecule has 0 aliphatic carbocycles. The Labute approximate surface area is 142 Å². The van der Waals surface area contributed by atoms with Gasteiger partial charge in [-0.05, 0) is 24.6 Å². The zero-order valence-corrected chi connectivity index (χ0v) is 14.1. The number of para-hydroxylation sites is 1.